The number of benzene rings is 1. The van der Waals surface area contributed by atoms with Crippen LogP contribution in [0.1, 0.15) is 56.1 Å². The van der Waals surface area contributed by atoms with Gasteiger partial charge in [-0.2, -0.15) is 0 Å². The highest BCUT2D eigenvalue weighted by Gasteiger charge is 2.54. The first-order valence-electron chi connectivity index (χ1n) is 9.52. The average molecular weight is 346 g/mol. The highest BCUT2D eigenvalue weighted by molar-refractivity contribution is 5.87. The Morgan fingerprint density at radius 1 is 1.20 bits per heavy atom. The number of rotatable bonds is 4. The molecule has 2 fully saturated rings. The molecule has 0 heterocycles. The van der Waals surface area contributed by atoms with Crippen molar-refractivity contribution >= 4 is 5.78 Å². The summed E-state index contributed by atoms with van der Waals surface area (Å²) < 4.78 is 25.1. The number of aryl methyl sites for hydroxylation is 1. The van der Waals surface area contributed by atoms with Crippen molar-refractivity contribution in [2.75, 3.05) is 20.3 Å². The van der Waals surface area contributed by atoms with Gasteiger partial charge in [-0.1, -0.05) is 6.92 Å². The maximum absolute atomic E-state index is 14.5. The molecule has 2 saturated carbocycles. The van der Waals surface area contributed by atoms with Crippen LogP contribution >= 0.6 is 0 Å². The molecule has 0 N–H and O–H groups in total. The first-order valence-corrected chi connectivity index (χ1v) is 9.52. The first-order chi connectivity index (χ1) is 12.0. The molecule has 0 spiro atoms. The van der Waals surface area contributed by atoms with E-state index in [-0.39, 0.29) is 11.2 Å². The van der Waals surface area contributed by atoms with E-state index in [0.29, 0.717) is 42.5 Å². The molecular formula is C21H27FO3. The zero-order chi connectivity index (χ0) is 17.6. The van der Waals surface area contributed by atoms with Crippen molar-refractivity contribution in [1.29, 1.82) is 0 Å². The SMILES string of the molecule is COCCOc1cc2c(cc1F)C1CC[C@]3(C)C(=O)CCC3C1CC2. The highest BCUT2D eigenvalue weighted by Crippen LogP contribution is 2.59. The van der Waals surface area contributed by atoms with Gasteiger partial charge in [0.05, 0.1) is 6.61 Å². The van der Waals surface area contributed by atoms with E-state index in [1.807, 2.05) is 6.07 Å². The molecule has 0 amide bonds. The van der Waals surface area contributed by atoms with E-state index in [0.717, 1.165) is 44.1 Å². The van der Waals surface area contributed by atoms with Crippen LogP contribution in [0.15, 0.2) is 12.1 Å². The molecule has 136 valence electrons. The molecule has 25 heavy (non-hydrogen) atoms. The van der Waals surface area contributed by atoms with Crippen LogP contribution in [-0.4, -0.2) is 26.1 Å². The maximum atomic E-state index is 14.5. The van der Waals surface area contributed by atoms with E-state index in [1.165, 1.54) is 5.56 Å². The lowest BCUT2D eigenvalue weighted by Gasteiger charge is -2.48. The lowest BCUT2D eigenvalue weighted by Crippen LogP contribution is -2.42. The average Bonchev–Trinajstić information content (AvgIpc) is 2.91. The molecule has 4 heteroatoms. The molecule has 0 radical (unpaired) electrons. The summed E-state index contributed by atoms with van der Waals surface area (Å²) in [5.41, 5.74) is 2.26. The number of hydrogen-bond donors (Lipinski definition) is 0. The van der Waals surface area contributed by atoms with Gasteiger partial charge in [-0.25, -0.2) is 4.39 Å². The van der Waals surface area contributed by atoms with Crippen molar-refractivity contribution in [3.63, 3.8) is 0 Å². The lowest BCUT2D eigenvalue weighted by molar-refractivity contribution is -0.129. The molecular weight excluding hydrogens is 319 g/mol. The van der Waals surface area contributed by atoms with Crippen molar-refractivity contribution in [3.05, 3.63) is 29.1 Å². The summed E-state index contributed by atoms with van der Waals surface area (Å²) in [4.78, 5) is 12.4. The second kappa shape index (κ2) is 6.39. The van der Waals surface area contributed by atoms with Crippen LogP contribution in [0.2, 0.25) is 0 Å². The smallest absolute Gasteiger partial charge is 0.165 e. The highest BCUT2D eigenvalue weighted by atomic mass is 19.1. The fourth-order valence-corrected chi connectivity index (χ4v) is 5.69. The van der Waals surface area contributed by atoms with Gasteiger partial charge in [0.15, 0.2) is 11.6 Å². The molecule has 0 bridgehead atoms. The minimum Gasteiger partial charge on any atom is -0.488 e. The summed E-state index contributed by atoms with van der Waals surface area (Å²) in [7, 11) is 1.61. The number of carbonyl (C=O) groups excluding carboxylic acids is 1. The molecule has 3 aliphatic rings. The van der Waals surface area contributed by atoms with Gasteiger partial charge in [0, 0.05) is 18.9 Å². The largest absolute Gasteiger partial charge is 0.488 e. The Morgan fingerprint density at radius 3 is 2.84 bits per heavy atom. The predicted octanol–water partition coefficient (Wildman–Crippen LogP) is 4.28. The fraction of sp³-hybridized carbons (Fsp3) is 0.667. The Kier molecular flexibility index (Phi) is 4.35. The minimum absolute atomic E-state index is 0.125. The minimum atomic E-state index is -0.272. The lowest BCUT2D eigenvalue weighted by atomic mass is 9.55. The predicted molar refractivity (Wildman–Crippen MR) is 93.4 cm³/mol. The molecule has 0 aliphatic heterocycles. The molecule has 3 aliphatic carbocycles. The molecule has 1 aromatic rings. The van der Waals surface area contributed by atoms with Crippen LogP contribution in [0.3, 0.4) is 0 Å². The van der Waals surface area contributed by atoms with Gasteiger partial charge >= 0.3 is 0 Å². The van der Waals surface area contributed by atoms with Gasteiger partial charge < -0.3 is 9.47 Å². The summed E-state index contributed by atoms with van der Waals surface area (Å²) >= 11 is 0. The van der Waals surface area contributed by atoms with Crippen LogP contribution in [0.5, 0.6) is 5.75 Å². The van der Waals surface area contributed by atoms with Crippen LogP contribution in [0, 0.1) is 23.1 Å². The second-order valence-corrected chi connectivity index (χ2v) is 8.16. The van der Waals surface area contributed by atoms with E-state index in [4.69, 9.17) is 9.47 Å². The number of Topliss-reactive ketones (excluding diaryl/α,β-unsaturated/α-hetero) is 1. The van der Waals surface area contributed by atoms with Crippen LogP contribution < -0.4 is 4.74 Å². The number of methoxy groups -OCH3 is 1. The normalized spacial score (nSPS) is 33.6. The van der Waals surface area contributed by atoms with Crippen molar-refractivity contribution in [2.24, 2.45) is 17.3 Å². The monoisotopic (exact) mass is 346 g/mol. The Morgan fingerprint density at radius 2 is 2.04 bits per heavy atom. The molecule has 0 aromatic heterocycles. The van der Waals surface area contributed by atoms with Gasteiger partial charge in [0.2, 0.25) is 0 Å². The second-order valence-electron chi connectivity index (χ2n) is 8.16. The number of ketones is 1. The third-order valence-electron chi connectivity index (χ3n) is 7.03. The van der Waals surface area contributed by atoms with E-state index in [9.17, 15) is 9.18 Å². The zero-order valence-electron chi connectivity index (χ0n) is 15.1. The molecule has 3 nitrogen and oxygen atoms in total. The topological polar surface area (TPSA) is 35.5 Å². The standard InChI is InChI=1S/C21H27FO3/c1-21-8-7-14-15(17(21)5-6-20(21)23)4-3-13-11-19(25-10-9-24-2)18(22)12-16(13)14/h11-12,14-15,17H,3-10H2,1-2H3/t14?,15?,17?,21-/m0/s1. The Hall–Kier alpha value is -1.42. The number of ether oxygens (including phenoxy) is 2. The quantitative estimate of drug-likeness (QED) is 0.764. The van der Waals surface area contributed by atoms with Gasteiger partial charge in [0.25, 0.3) is 0 Å². The van der Waals surface area contributed by atoms with Gasteiger partial charge in [-0.15, -0.1) is 0 Å². The Balaban J connectivity index is 1.60. The molecule has 4 atom stereocenters. The van der Waals surface area contributed by atoms with E-state index < -0.39 is 0 Å². The van der Waals surface area contributed by atoms with E-state index in [1.54, 1.807) is 13.2 Å². The van der Waals surface area contributed by atoms with Crippen molar-refractivity contribution in [1.82, 2.24) is 0 Å². The van der Waals surface area contributed by atoms with Crippen LogP contribution in [0.4, 0.5) is 4.39 Å². The van der Waals surface area contributed by atoms with Crippen molar-refractivity contribution in [2.45, 2.75) is 51.4 Å². The molecule has 3 unspecified atom stereocenters. The van der Waals surface area contributed by atoms with Crippen molar-refractivity contribution < 1.29 is 18.7 Å². The van der Waals surface area contributed by atoms with E-state index >= 15 is 0 Å². The third kappa shape index (κ3) is 2.69. The summed E-state index contributed by atoms with van der Waals surface area (Å²) in [5, 5.41) is 0. The maximum Gasteiger partial charge on any atom is 0.165 e. The number of carbonyl (C=O) groups is 1. The summed E-state index contributed by atoms with van der Waals surface area (Å²) in [6, 6.07) is 3.60. The Bertz CT molecular complexity index is 686. The molecule has 0 saturated heterocycles. The summed E-state index contributed by atoms with van der Waals surface area (Å²) in [6.07, 6.45) is 5.77. The first kappa shape index (κ1) is 17.0. The van der Waals surface area contributed by atoms with E-state index in [2.05, 4.69) is 6.92 Å². The number of halogens is 1. The molecule has 4 rings (SSSR count). The molecule has 1 aromatic carbocycles. The Labute approximate surface area is 148 Å². The number of hydrogen-bond acceptors (Lipinski definition) is 3. The van der Waals surface area contributed by atoms with Gasteiger partial charge in [-0.05, 0) is 73.1 Å². The van der Waals surface area contributed by atoms with Crippen molar-refractivity contribution in [3.8, 4) is 5.75 Å². The number of fused-ring (bicyclic) bond motifs is 5. The zero-order valence-corrected chi connectivity index (χ0v) is 15.1. The third-order valence-corrected chi connectivity index (χ3v) is 7.03. The summed E-state index contributed by atoms with van der Waals surface area (Å²) in [5.74, 6) is 1.92. The van der Waals surface area contributed by atoms with Crippen LogP contribution in [-0.2, 0) is 16.0 Å². The van der Waals surface area contributed by atoms with Gasteiger partial charge in [-0.3, -0.25) is 4.79 Å². The van der Waals surface area contributed by atoms with Crippen LogP contribution in [0.25, 0.3) is 0 Å². The fourth-order valence-electron chi connectivity index (χ4n) is 5.69. The van der Waals surface area contributed by atoms with Gasteiger partial charge in [0.1, 0.15) is 12.4 Å². The summed E-state index contributed by atoms with van der Waals surface area (Å²) in [6.45, 7) is 2.99.